The summed E-state index contributed by atoms with van der Waals surface area (Å²) in [6, 6.07) is 9.89. The molecule has 0 radical (unpaired) electrons. The van der Waals surface area contributed by atoms with Crippen molar-refractivity contribution in [3.05, 3.63) is 65.2 Å². The van der Waals surface area contributed by atoms with Gasteiger partial charge in [-0.05, 0) is 36.4 Å². The van der Waals surface area contributed by atoms with Gasteiger partial charge in [-0.15, -0.1) is 5.10 Å². The lowest BCUT2D eigenvalue weighted by Gasteiger charge is -2.12. The number of alkyl halides is 3. The number of aromatic nitrogens is 2. The highest BCUT2D eigenvalue weighted by molar-refractivity contribution is 6.22. The molecule has 8 nitrogen and oxygen atoms in total. The number of rotatable bonds is 4. The van der Waals surface area contributed by atoms with Crippen molar-refractivity contribution >= 4 is 23.7 Å². The van der Waals surface area contributed by atoms with Gasteiger partial charge in [-0.25, -0.2) is 0 Å². The molecule has 0 fully saturated rings. The van der Waals surface area contributed by atoms with Crippen LogP contribution in [0.25, 0.3) is 11.5 Å². The van der Waals surface area contributed by atoms with E-state index in [1.807, 2.05) is 0 Å². The standard InChI is InChI=1S/C19H11F3N4O4/c20-19(21,22)11-7-5-10(6-8-11)15-24-25-18(30-15)23-14(27)9-26-16(28)12-3-1-2-4-13(12)17(26)29/h1-8H,9H2,(H,23,25,27). The maximum absolute atomic E-state index is 12.6. The van der Waals surface area contributed by atoms with Gasteiger partial charge in [0.05, 0.1) is 16.7 Å². The van der Waals surface area contributed by atoms with E-state index < -0.39 is 36.0 Å². The first-order chi connectivity index (χ1) is 14.2. The highest BCUT2D eigenvalue weighted by Gasteiger charge is 2.36. The summed E-state index contributed by atoms with van der Waals surface area (Å²) in [5.41, 5.74) is -0.202. The molecule has 1 aliphatic heterocycles. The van der Waals surface area contributed by atoms with Crippen molar-refractivity contribution in [1.29, 1.82) is 0 Å². The zero-order chi connectivity index (χ0) is 21.5. The van der Waals surface area contributed by atoms with Crippen molar-refractivity contribution in [3.8, 4) is 11.5 Å². The summed E-state index contributed by atoms with van der Waals surface area (Å²) in [5.74, 6) is -2.06. The predicted octanol–water partition coefficient (Wildman–Crippen LogP) is 2.99. The molecule has 2 aromatic carbocycles. The van der Waals surface area contributed by atoms with Crippen molar-refractivity contribution in [3.63, 3.8) is 0 Å². The van der Waals surface area contributed by atoms with Crippen molar-refractivity contribution in [2.24, 2.45) is 0 Å². The SMILES string of the molecule is O=C(CN1C(=O)c2ccccc2C1=O)Nc1nnc(-c2ccc(C(F)(F)F)cc2)o1. The lowest BCUT2D eigenvalue weighted by Crippen LogP contribution is -2.37. The van der Waals surface area contributed by atoms with E-state index in [1.165, 1.54) is 12.1 Å². The molecule has 1 aliphatic rings. The van der Waals surface area contributed by atoms with Gasteiger partial charge < -0.3 is 4.42 Å². The maximum atomic E-state index is 12.6. The number of amides is 3. The Kier molecular flexibility index (Phi) is 4.57. The minimum atomic E-state index is -4.48. The Labute approximate surface area is 166 Å². The number of carbonyl (C=O) groups is 3. The Morgan fingerprint density at radius 1 is 0.967 bits per heavy atom. The van der Waals surface area contributed by atoms with Crippen molar-refractivity contribution in [2.45, 2.75) is 6.18 Å². The molecule has 0 unspecified atom stereocenters. The average molecular weight is 416 g/mol. The molecule has 0 saturated heterocycles. The Hall–Kier alpha value is -4.02. The Balaban J connectivity index is 1.43. The molecule has 0 saturated carbocycles. The lowest BCUT2D eigenvalue weighted by molar-refractivity contribution is -0.137. The second-order valence-electron chi connectivity index (χ2n) is 6.28. The van der Waals surface area contributed by atoms with Crippen LogP contribution in [0, 0.1) is 0 Å². The van der Waals surface area contributed by atoms with Crippen LogP contribution in [0.15, 0.2) is 52.9 Å². The normalized spacial score (nSPS) is 13.5. The molecule has 1 aromatic heterocycles. The molecule has 3 aromatic rings. The summed E-state index contributed by atoms with van der Waals surface area (Å²) in [5, 5.41) is 9.52. The second kappa shape index (κ2) is 7.10. The van der Waals surface area contributed by atoms with E-state index in [1.54, 1.807) is 12.1 Å². The number of benzene rings is 2. The lowest BCUT2D eigenvalue weighted by atomic mass is 10.1. The smallest absolute Gasteiger partial charge is 0.403 e. The van der Waals surface area contributed by atoms with E-state index in [9.17, 15) is 27.6 Å². The van der Waals surface area contributed by atoms with Crippen LogP contribution >= 0.6 is 0 Å². The Bertz CT molecular complexity index is 1120. The molecule has 2 heterocycles. The number of halogens is 3. The van der Waals surface area contributed by atoms with Crippen LogP contribution < -0.4 is 5.32 Å². The van der Waals surface area contributed by atoms with Crippen LogP contribution in [-0.4, -0.2) is 39.4 Å². The summed E-state index contributed by atoms with van der Waals surface area (Å²) in [7, 11) is 0. The van der Waals surface area contributed by atoms with E-state index >= 15 is 0 Å². The quantitative estimate of drug-likeness (QED) is 0.656. The summed E-state index contributed by atoms with van der Waals surface area (Å²) in [6.07, 6.45) is -4.48. The minimum absolute atomic E-state index is 0.111. The number of hydrogen-bond acceptors (Lipinski definition) is 6. The Morgan fingerprint density at radius 3 is 2.13 bits per heavy atom. The van der Waals surface area contributed by atoms with Gasteiger partial charge in [0, 0.05) is 5.56 Å². The summed E-state index contributed by atoms with van der Waals surface area (Å²) in [6.45, 7) is -0.565. The van der Waals surface area contributed by atoms with Crippen molar-refractivity contribution < 1.29 is 32.0 Å². The maximum Gasteiger partial charge on any atom is 0.416 e. The molecule has 30 heavy (non-hydrogen) atoms. The zero-order valence-electron chi connectivity index (χ0n) is 14.9. The largest absolute Gasteiger partial charge is 0.416 e. The van der Waals surface area contributed by atoms with Gasteiger partial charge >= 0.3 is 12.2 Å². The number of carbonyl (C=O) groups excluding carboxylic acids is 3. The van der Waals surface area contributed by atoms with E-state index in [-0.39, 0.29) is 28.6 Å². The van der Waals surface area contributed by atoms with Gasteiger partial charge in [0.2, 0.25) is 11.8 Å². The molecule has 4 rings (SSSR count). The number of fused-ring (bicyclic) bond motifs is 1. The molecule has 0 spiro atoms. The first-order valence-electron chi connectivity index (χ1n) is 8.50. The fourth-order valence-corrected chi connectivity index (χ4v) is 2.88. The second-order valence-corrected chi connectivity index (χ2v) is 6.28. The summed E-state index contributed by atoms with van der Waals surface area (Å²) in [4.78, 5) is 37.5. The molecular weight excluding hydrogens is 405 g/mol. The third kappa shape index (κ3) is 3.52. The van der Waals surface area contributed by atoms with Gasteiger partial charge in [0.25, 0.3) is 11.8 Å². The van der Waals surface area contributed by atoms with E-state index in [2.05, 4.69) is 15.5 Å². The monoisotopic (exact) mass is 416 g/mol. The number of imide groups is 1. The highest BCUT2D eigenvalue weighted by Crippen LogP contribution is 2.31. The highest BCUT2D eigenvalue weighted by atomic mass is 19.4. The van der Waals surface area contributed by atoms with Crippen LogP contribution in [0.4, 0.5) is 19.2 Å². The molecule has 0 atom stereocenters. The van der Waals surface area contributed by atoms with Crippen molar-refractivity contribution in [2.75, 3.05) is 11.9 Å². The van der Waals surface area contributed by atoms with Crippen LogP contribution in [0.3, 0.4) is 0 Å². The number of hydrogen-bond donors (Lipinski definition) is 1. The Morgan fingerprint density at radius 2 is 1.57 bits per heavy atom. The topological polar surface area (TPSA) is 105 Å². The summed E-state index contributed by atoms with van der Waals surface area (Å²) >= 11 is 0. The third-order valence-corrected chi connectivity index (χ3v) is 4.31. The van der Waals surface area contributed by atoms with E-state index in [4.69, 9.17) is 4.42 Å². The van der Waals surface area contributed by atoms with Gasteiger partial charge in [0.1, 0.15) is 6.54 Å². The average Bonchev–Trinajstić information content (AvgIpc) is 3.27. The van der Waals surface area contributed by atoms with Crippen molar-refractivity contribution in [1.82, 2.24) is 15.1 Å². The van der Waals surface area contributed by atoms with Crippen LogP contribution in [0.2, 0.25) is 0 Å². The van der Waals surface area contributed by atoms with E-state index in [0.29, 0.717) is 0 Å². The molecule has 0 bridgehead atoms. The molecule has 0 aliphatic carbocycles. The predicted molar refractivity (Wildman–Crippen MR) is 95.2 cm³/mol. The van der Waals surface area contributed by atoms with Crippen LogP contribution in [0.5, 0.6) is 0 Å². The summed E-state index contributed by atoms with van der Waals surface area (Å²) < 4.78 is 43.1. The fraction of sp³-hybridized carbons (Fsp3) is 0.105. The first kappa shape index (κ1) is 19.3. The third-order valence-electron chi connectivity index (χ3n) is 4.31. The fourth-order valence-electron chi connectivity index (χ4n) is 2.88. The molecule has 11 heteroatoms. The van der Waals surface area contributed by atoms with Gasteiger partial charge in [-0.3, -0.25) is 24.6 Å². The molecule has 1 N–H and O–H groups in total. The van der Waals surface area contributed by atoms with Crippen LogP contribution in [-0.2, 0) is 11.0 Å². The van der Waals surface area contributed by atoms with Gasteiger partial charge in [0.15, 0.2) is 0 Å². The molecule has 3 amide bonds. The number of anilines is 1. The number of nitrogens with zero attached hydrogens (tertiary/aromatic N) is 3. The van der Waals surface area contributed by atoms with Gasteiger partial charge in [-0.1, -0.05) is 17.2 Å². The van der Waals surface area contributed by atoms with Gasteiger partial charge in [-0.2, -0.15) is 13.2 Å². The van der Waals surface area contributed by atoms with E-state index in [0.717, 1.165) is 29.2 Å². The van der Waals surface area contributed by atoms with Crippen LogP contribution in [0.1, 0.15) is 26.3 Å². The first-order valence-corrected chi connectivity index (χ1v) is 8.50. The zero-order valence-corrected chi connectivity index (χ0v) is 14.9. The molecular formula is C19H11F3N4O4. The minimum Gasteiger partial charge on any atom is -0.403 e. The number of nitrogens with one attached hydrogen (secondary N) is 1. The molecule has 152 valence electrons.